The number of fused-ring (bicyclic) bond motifs is 1. The third-order valence-corrected chi connectivity index (χ3v) is 6.46. The van der Waals surface area contributed by atoms with Gasteiger partial charge >= 0.3 is 0 Å². The Labute approximate surface area is 188 Å². The second kappa shape index (κ2) is 8.78. The Kier molecular flexibility index (Phi) is 6.06. The molecule has 1 aliphatic rings. The fourth-order valence-corrected chi connectivity index (χ4v) is 4.28. The van der Waals surface area contributed by atoms with E-state index in [1.807, 2.05) is 6.92 Å². The highest BCUT2D eigenvalue weighted by molar-refractivity contribution is 6.33. The molecule has 32 heavy (non-hydrogen) atoms. The molecule has 9 heteroatoms. The van der Waals surface area contributed by atoms with Crippen molar-refractivity contribution in [3.8, 4) is 0 Å². The first-order chi connectivity index (χ1) is 15.3. The van der Waals surface area contributed by atoms with Gasteiger partial charge in [0.15, 0.2) is 0 Å². The molecule has 3 aromatic rings. The summed E-state index contributed by atoms with van der Waals surface area (Å²) < 4.78 is 27.7. The first kappa shape index (κ1) is 22.1. The van der Waals surface area contributed by atoms with Gasteiger partial charge in [0, 0.05) is 35.6 Å². The quantitative estimate of drug-likeness (QED) is 0.589. The molecule has 2 amide bonds. The van der Waals surface area contributed by atoms with Crippen LogP contribution in [0.5, 0.6) is 0 Å². The highest BCUT2D eigenvalue weighted by atomic mass is 35.5. The number of likely N-dealkylation sites (tertiary alicyclic amines) is 1. The van der Waals surface area contributed by atoms with Crippen LogP contribution in [0.3, 0.4) is 0 Å². The smallest absolute Gasteiger partial charge is 0.273 e. The van der Waals surface area contributed by atoms with Gasteiger partial charge in [0.1, 0.15) is 16.5 Å². The highest BCUT2D eigenvalue weighted by Crippen LogP contribution is 2.29. The van der Waals surface area contributed by atoms with Crippen molar-refractivity contribution in [2.75, 3.05) is 13.1 Å². The molecule has 0 aliphatic carbocycles. The van der Waals surface area contributed by atoms with Crippen molar-refractivity contribution in [3.05, 3.63) is 70.8 Å². The number of nitrogens with one attached hydrogen (secondary N) is 1. The van der Waals surface area contributed by atoms with Crippen molar-refractivity contribution < 1.29 is 18.4 Å². The molecule has 6 nitrogen and oxygen atoms in total. The van der Waals surface area contributed by atoms with Gasteiger partial charge in [-0.1, -0.05) is 42.8 Å². The molecule has 1 aromatic carbocycles. The van der Waals surface area contributed by atoms with Crippen molar-refractivity contribution in [1.82, 2.24) is 20.2 Å². The predicted octanol–water partition coefficient (Wildman–Crippen LogP) is 4.38. The van der Waals surface area contributed by atoms with E-state index in [9.17, 15) is 18.4 Å². The van der Waals surface area contributed by atoms with Gasteiger partial charge < -0.3 is 10.2 Å². The molecule has 1 aliphatic heterocycles. The minimum Gasteiger partial charge on any atom is -0.346 e. The maximum absolute atomic E-state index is 14.1. The summed E-state index contributed by atoms with van der Waals surface area (Å²) in [7, 11) is 0. The predicted molar refractivity (Wildman–Crippen MR) is 117 cm³/mol. The Balaban J connectivity index is 1.50. The van der Waals surface area contributed by atoms with Crippen LogP contribution in [-0.2, 0) is 0 Å². The molecule has 0 unspecified atom stereocenters. The zero-order valence-corrected chi connectivity index (χ0v) is 18.1. The number of rotatable bonds is 4. The van der Waals surface area contributed by atoms with Crippen molar-refractivity contribution in [2.45, 2.75) is 31.7 Å². The lowest BCUT2D eigenvalue weighted by Crippen LogP contribution is -2.56. The van der Waals surface area contributed by atoms with Gasteiger partial charge in [0.05, 0.1) is 11.8 Å². The molecule has 0 atom stereocenters. The van der Waals surface area contributed by atoms with E-state index in [1.165, 1.54) is 12.3 Å². The fourth-order valence-electron chi connectivity index (χ4n) is 4.08. The van der Waals surface area contributed by atoms with Crippen LogP contribution in [0.15, 0.2) is 42.7 Å². The van der Waals surface area contributed by atoms with Crippen molar-refractivity contribution >= 4 is 34.2 Å². The van der Waals surface area contributed by atoms with Gasteiger partial charge in [-0.25, -0.2) is 14.4 Å². The molecule has 1 saturated heterocycles. The van der Waals surface area contributed by atoms with E-state index in [4.69, 9.17) is 11.6 Å². The largest absolute Gasteiger partial charge is 0.346 e. The van der Waals surface area contributed by atoms with Crippen LogP contribution in [-0.4, -0.2) is 45.3 Å². The number of piperidine rings is 1. The average Bonchev–Trinajstić information content (AvgIpc) is 2.81. The Hall–Kier alpha value is -3.13. The molecule has 1 fully saturated rings. The average molecular weight is 459 g/mol. The molecule has 3 heterocycles. The number of pyridine rings is 2. The third-order valence-electron chi connectivity index (χ3n) is 6.10. The molecular weight excluding hydrogens is 438 g/mol. The Morgan fingerprint density at radius 2 is 1.81 bits per heavy atom. The molecular formula is C23H21ClF2N4O2. The molecule has 1 N–H and O–H groups in total. The van der Waals surface area contributed by atoms with E-state index >= 15 is 0 Å². The normalized spacial score (nSPS) is 15.6. The first-order valence-corrected chi connectivity index (χ1v) is 10.7. The third kappa shape index (κ3) is 4.02. The number of hydrogen-bond donors (Lipinski definition) is 1. The minimum atomic E-state index is -0.899. The second-order valence-electron chi connectivity index (χ2n) is 7.84. The zero-order valence-electron chi connectivity index (χ0n) is 17.4. The van der Waals surface area contributed by atoms with Crippen molar-refractivity contribution in [1.29, 1.82) is 0 Å². The van der Waals surface area contributed by atoms with Crippen LogP contribution in [0.25, 0.3) is 10.8 Å². The summed E-state index contributed by atoms with van der Waals surface area (Å²) in [4.78, 5) is 35.0. The number of carbonyl (C=O) groups is 2. The lowest BCUT2D eigenvalue weighted by molar-refractivity contribution is 0.0610. The lowest BCUT2D eigenvalue weighted by atomic mass is 9.84. The Morgan fingerprint density at radius 1 is 1.12 bits per heavy atom. The summed E-state index contributed by atoms with van der Waals surface area (Å²) in [5.74, 6) is -2.14. The second-order valence-corrected chi connectivity index (χ2v) is 8.22. The molecule has 0 bridgehead atoms. The minimum absolute atomic E-state index is 0.0208. The molecule has 0 spiro atoms. The Morgan fingerprint density at radius 3 is 2.50 bits per heavy atom. The van der Waals surface area contributed by atoms with E-state index < -0.39 is 23.2 Å². The summed E-state index contributed by atoms with van der Waals surface area (Å²) in [6, 6.07) is 8.11. The van der Waals surface area contributed by atoms with Gasteiger partial charge in [0.25, 0.3) is 11.8 Å². The first-order valence-electron chi connectivity index (χ1n) is 10.3. The van der Waals surface area contributed by atoms with Gasteiger partial charge in [0.2, 0.25) is 5.95 Å². The van der Waals surface area contributed by atoms with Crippen LogP contribution in [0.1, 0.15) is 47.0 Å². The molecule has 166 valence electrons. The van der Waals surface area contributed by atoms with E-state index in [2.05, 4.69) is 15.3 Å². The maximum atomic E-state index is 14.1. The number of amides is 2. The Bertz CT molecular complexity index is 1200. The standard InChI is InChI=1S/C23H21ClF2N4O2/c1-2-23(29-21(31)16-7-10-27-20(26)18(16)24)8-11-30(12-9-23)22(32)19-15-6-4-3-5-14(15)17(25)13-28-19/h3-7,10,13H,2,8-9,11-12H2,1H3,(H,29,31). The summed E-state index contributed by atoms with van der Waals surface area (Å²) in [6.45, 7) is 2.72. The SMILES string of the molecule is CCC1(NC(=O)c2ccnc(F)c2Cl)CCN(C(=O)c2ncc(F)c3ccccc23)CC1. The molecule has 0 radical (unpaired) electrons. The number of nitrogens with zero attached hydrogens (tertiary/aromatic N) is 3. The van der Waals surface area contributed by atoms with Crippen LogP contribution in [0, 0.1) is 11.8 Å². The number of carbonyl (C=O) groups excluding carboxylic acids is 2. The van der Waals surface area contributed by atoms with Crippen LogP contribution < -0.4 is 5.32 Å². The number of hydrogen-bond acceptors (Lipinski definition) is 4. The molecule has 0 saturated carbocycles. The van der Waals surface area contributed by atoms with Crippen LogP contribution in [0.4, 0.5) is 8.78 Å². The van der Waals surface area contributed by atoms with E-state index in [1.54, 1.807) is 29.2 Å². The topological polar surface area (TPSA) is 75.2 Å². The van der Waals surface area contributed by atoms with Gasteiger partial charge in [-0.15, -0.1) is 0 Å². The summed E-state index contributed by atoms with van der Waals surface area (Å²) in [6.07, 6.45) is 3.89. The zero-order chi connectivity index (χ0) is 22.9. The number of halogens is 3. The van der Waals surface area contributed by atoms with Crippen LogP contribution >= 0.6 is 11.6 Å². The summed E-state index contributed by atoms with van der Waals surface area (Å²) >= 11 is 5.90. The molecule has 2 aromatic heterocycles. The lowest BCUT2D eigenvalue weighted by Gasteiger charge is -2.42. The fraction of sp³-hybridized carbons (Fsp3) is 0.304. The van der Waals surface area contributed by atoms with E-state index in [0.29, 0.717) is 43.1 Å². The van der Waals surface area contributed by atoms with Crippen molar-refractivity contribution in [3.63, 3.8) is 0 Å². The number of benzene rings is 1. The molecule has 4 rings (SSSR count). The summed E-state index contributed by atoms with van der Waals surface area (Å²) in [5.41, 5.74) is -0.337. The van der Waals surface area contributed by atoms with Gasteiger partial charge in [-0.3, -0.25) is 9.59 Å². The van der Waals surface area contributed by atoms with Gasteiger partial charge in [-0.2, -0.15) is 4.39 Å². The maximum Gasteiger partial charge on any atom is 0.273 e. The highest BCUT2D eigenvalue weighted by Gasteiger charge is 2.37. The van der Waals surface area contributed by atoms with E-state index in [0.717, 1.165) is 6.20 Å². The van der Waals surface area contributed by atoms with Crippen LogP contribution in [0.2, 0.25) is 5.02 Å². The van der Waals surface area contributed by atoms with Gasteiger partial charge in [-0.05, 0) is 25.3 Å². The summed E-state index contributed by atoms with van der Waals surface area (Å²) in [5, 5.41) is 3.47. The monoisotopic (exact) mass is 458 g/mol. The van der Waals surface area contributed by atoms with E-state index in [-0.39, 0.29) is 22.2 Å². The van der Waals surface area contributed by atoms with Crippen molar-refractivity contribution in [2.24, 2.45) is 0 Å². The number of aromatic nitrogens is 2.